The first-order chi connectivity index (χ1) is 15.0. The van der Waals surface area contributed by atoms with Crippen molar-refractivity contribution in [3.8, 4) is 11.3 Å². The van der Waals surface area contributed by atoms with Crippen molar-refractivity contribution in [3.63, 3.8) is 0 Å². The Hall–Kier alpha value is -3.02. The number of aromatic amines is 1. The summed E-state index contributed by atoms with van der Waals surface area (Å²) in [5.74, 6) is -0.635. The maximum Gasteiger partial charge on any atom is 0.231 e. The minimum absolute atomic E-state index is 0.0720. The van der Waals surface area contributed by atoms with Crippen LogP contribution in [0.1, 0.15) is 51.7 Å². The van der Waals surface area contributed by atoms with Gasteiger partial charge in [0.25, 0.3) is 0 Å². The third-order valence-corrected chi connectivity index (χ3v) is 4.83. The van der Waals surface area contributed by atoms with Gasteiger partial charge in [-0.1, -0.05) is 63.9 Å². The number of anilines is 1. The first-order valence-electron chi connectivity index (χ1n) is 11.1. The second-order valence-corrected chi connectivity index (χ2v) is 7.34. The fraction of sp³-hybridized carbons (Fsp3) is 0.400. The predicted molar refractivity (Wildman–Crippen MR) is 124 cm³/mol. The number of hydrogen-bond acceptors (Lipinski definition) is 3. The monoisotopic (exact) mass is 424 g/mol. The van der Waals surface area contributed by atoms with Crippen LogP contribution in [-0.2, 0) is 11.2 Å². The fourth-order valence-electron chi connectivity index (χ4n) is 3.35. The van der Waals surface area contributed by atoms with Crippen molar-refractivity contribution in [1.29, 1.82) is 0 Å². The molecular weight excluding hydrogens is 391 g/mol. The second kappa shape index (κ2) is 12.0. The van der Waals surface area contributed by atoms with Crippen molar-refractivity contribution in [3.05, 3.63) is 65.7 Å². The minimum atomic E-state index is -0.500. The number of halogens is 1. The molecule has 3 heterocycles. The van der Waals surface area contributed by atoms with Crippen LogP contribution in [0.4, 0.5) is 10.2 Å². The molecule has 0 bridgehead atoms. The first-order valence-corrected chi connectivity index (χ1v) is 11.1. The summed E-state index contributed by atoms with van der Waals surface area (Å²) in [5, 5.41) is 6.77. The molecule has 1 fully saturated rings. The second-order valence-electron chi connectivity index (χ2n) is 7.34. The van der Waals surface area contributed by atoms with Gasteiger partial charge in [-0.15, -0.1) is 0 Å². The average Bonchev–Trinajstić information content (AvgIpc) is 3.34. The highest BCUT2D eigenvalue weighted by molar-refractivity contribution is 5.97. The van der Waals surface area contributed by atoms with E-state index >= 15 is 0 Å². The van der Waals surface area contributed by atoms with E-state index in [-0.39, 0.29) is 23.3 Å². The number of hydrogen-bond donors (Lipinski definition) is 1. The number of pyridine rings is 1. The molecule has 5 nitrogen and oxygen atoms in total. The number of H-pyrrole nitrogens is 1. The van der Waals surface area contributed by atoms with Gasteiger partial charge in [0.15, 0.2) is 11.6 Å². The van der Waals surface area contributed by atoms with Gasteiger partial charge in [-0.05, 0) is 37.5 Å². The highest BCUT2D eigenvalue weighted by atomic mass is 19.1. The normalized spacial score (nSPS) is 15.1. The molecule has 1 atom stereocenters. The number of amides is 1. The number of benzene rings is 1. The third-order valence-electron chi connectivity index (χ3n) is 4.83. The maximum absolute atomic E-state index is 14.8. The van der Waals surface area contributed by atoms with Gasteiger partial charge < -0.3 is 0 Å². The summed E-state index contributed by atoms with van der Waals surface area (Å²) >= 11 is 0. The summed E-state index contributed by atoms with van der Waals surface area (Å²) in [7, 11) is 0. The van der Waals surface area contributed by atoms with Crippen molar-refractivity contribution in [2.75, 3.05) is 11.4 Å². The molecule has 1 unspecified atom stereocenters. The maximum atomic E-state index is 14.8. The zero-order valence-electron chi connectivity index (χ0n) is 19.2. The highest BCUT2D eigenvalue weighted by Crippen LogP contribution is 2.32. The van der Waals surface area contributed by atoms with Crippen molar-refractivity contribution in [1.82, 2.24) is 15.2 Å². The number of aromatic nitrogens is 3. The van der Waals surface area contributed by atoms with Crippen LogP contribution in [0.2, 0.25) is 0 Å². The molecule has 0 spiro atoms. The lowest BCUT2D eigenvalue weighted by Crippen LogP contribution is -2.28. The van der Waals surface area contributed by atoms with Gasteiger partial charge in [0.05, 0.1) is 0 Å². The zero-order chi connectivity index (χ0) is 22.8. The molecular formula is C25H33FN4O. The van der Waals surface area contributed by atoms with Gasteiger partial charge >= 0.3 is 0 Å². The molecule has 166 valence electrons. The van der Waals surface area contributed by atoms with Crippen LogP contribution < -0.4 is 4.90 Å². The standard InChI is InChI=1S/C20H19FN4O.C3H8.C2H6/c1-13-2-4-14(5-3-13)12-16-8-11-25(20(16)26)19-17(21)18(23-24-19)15-6-9-22-10-7-15;1-3-2;1-2/h2-7,9-10,16H,8,11-12H2,1H3,(H,23,24);3H2,1-2H3;1-2H3. The molecule has 0 aliphatic carbocycles. The van der Waals surface area contributed by atoms with E-state index in [2.05, 4.69) is 29.0 Å². The van der Waals surface area contributed by atoms with E-state index in [1.54, 1.807) is 24.5 Å². The lowest BCUT2D eigenvalue weighted by molar-refractivity contribution is -0.120. The number of nitrogens with zero attached hydrogens (tertiary/aromatic N) is 3. The number of carbonyl (C=O) groups excluding carboxylic acids is 1. The van der Waals surface area contributed by atoms with Gasteiger partial charge in [-0.2, -0.15) is 5.10 Å². The lowest BCUT2D eigenvalue weighted by Gasteiger charge is -2.14. The van der Waals surface area contributed by atoms with Crippen molar-refractivity contribution >= 4 is 11.7 Å². The van der Waals surface area contributed by atoms with Gasteiger partial charge in [0.1, 0.15) is 5.69 Å². The van der Waals surface area contributed by atoms with E-state index in [0.717, 1.165) is 5.56 Å². The van der Waals surface area contributed by atoms with Crippen LogP contribution in [0, 0.1) is 18.7 Å². The van der Waals surface area contributed by atoms with E-state index < -0.39 is 5.82 Å². The summed E-state index contributed by atoms with van der Waals surface area (Å²) in [6, 6.07) is 11.6. The molecule has 2 aromatic heterocycles. The van der Waals surface area contributed by atoms with Crippen molar-refractivity contribution < 1.29 is 9.18 Å². The summed E-state index contributed by atoms with van der Waals surface area (Å²) in [5.41, 5.74) is 3.24. The van der Waals surface area contributed by atoms with Crippen LogP contribution in [-0.4, -0.2) is 27.6 Å². The lowest BCUT2D eigenvalue weighted by atomic mass is 9.97. The summed E-state index contributed by atoms with van der Waals surface area (Å²) in [6.07, 6.45) is 5.80. The molecule has 1 aliphatic heterocycles. The van der Waals surface area contributed by atoms with E-state index in [4.69, 9.17) is 0 Å². The van der Waals surface area contributed by atoms with Gasteiger partial charge in [-0.25, -0.2) is 4.39 Å². The Kier molecular flexibility index (Phi) is 9.38. The molecule has 1 aromatic carbocycles. The largest absolute Gasteiger partial charge is 0.293 e. The summed E-state index contributed by atoms with van der Waals surface area (Å²) < 4.78 is 14.8. The van der Waals surface area contributed by atoms with Crippen LogP contribution in [0.25, 0.3) is 11.3 Å². The fourth-order valence-corrected chi connectivity index (χ4v) is 3.35. The van der Waals surface area contributed by atoms with Gasteiger partial charge in [0.2, 0.25) is 5.91 Å². The molecule has 0 saturated carbocycles. The molecule has 1 amide bonds. The SMILES string of the molecule is CC.CCC.Cc1ccc(CC2CCN(c3n[nH]c(-c4ccncc4)c3F)C2=O)cc1. The van der Waals surface area contributed by atoms with Crippen molar-refractivity contribution in [2.45, 2.75) is 53.9 Å². The van der Waals surface area contributed by atoms with Crippen LogP contribution in [0.3, 0.4) is 0 Å². The molecule has 6 heteroatoms. The summed E-state index contributed by atoms with van der Waals surface area (Å²) in [6.45, 7) is 10.8. The predicted octanol–water partition coefficient (Wildman–Crippen LogP) is 5.96. The van der Waals surface area contributed by atoms with Gasteiger partial charge in [-0.3, -0.25) is 19.8 Å². The molecule has 0 radical (unpaired) electrons. The van der Waals surface area contributed by atoms with E-state index in [9.17, 15) is 9.18 Å². The first kappa shape index (κ1) is 24.3. The molecule has 3 aromatic rings. The summed E-state index contributed by atoms with van der Waals surface area (Å²) in [4.78, 5) is 18.2. The van der Waals surface area contributed by atoms with Crippen LogP contribution in [0.5, 0.6) is 0 Å². The Labute approximate surface area is 184 Å². The molecule has 1 saturated heterocycles. The van der Waals surface area contributed by atoms with Crippen LogP contribution >= 0.6 is 0 Å². The van der Waals surface area contributed by atoms with Gasteiger partial charge in [0, 0.05) is 30.4 Å². The highest BCUT2D eigenvalue weighted by Gasteiger charge is 2.36. The Morgan fingerprint density at radius 3 is 2.32 bits per heavy atom. The van der Waals surface area contributed by atoms with Crippen LogP contribution in [0.15, 0.2) is 48.8 Å². The van der Waals surface area contributed by atoms with E-state index in [0.29, 0.717) is 24.9 Å². The van der Waals surface area contributed by atoms with E-state index in [1.165, 1.54) is 16.9 Å². The third kappa shape index (κ3) is 6.00. The topological polar surface area (TPSA) is 61.9 Å². The number of aryl methyl sites for hydroxylation is 1. The molecule has 31 heavy (non-hydrogen) atoms. The Balaban J connectivity index is 0.000000630. The molecule has 4 rings (SSSR count). The Morgan fingerprint density at radius 1 is 1.10 bits per heavy atom. The number of carbonyl (C=O) groups is 1. The zero-order valence-corrected chi connectivity index (χ0v) is 19.2. The smallest absolute Gasteiger partial charge is 0.231 e. The minimum Gasteiger partial charge on any atom is -0.293 e. The van der Waals surface area contributed by atoms with E-state index in [1.807, 2.05) is 45.0 Å². The molecule has 1 N–H and O–H groups in total. The molecule has 1 aliphatic rings. The Morgan fingerprint density at radius 2 is 1.71 bits per heavy atom. The van der Waals surface area contributed by atoms with Crippen molar-refractivity contribution in [2.24, 2.45) is 5.92 Å². The average molecular weight is 425 g/mol. The number of nitrogens with one attached hydrogen (secondary N) is 1. The quantitative estimate of drug-likeness (QED) is 0.562. The number of rotatable bonds is 4. The Bertz CT molecular complexity index is 938.